The second-order valence-electron chi connectivity index (χ2n) is 7.21. The van der Waals surface area contributed by atoms with E-state index in [1.807, 2.05) is 11.0 Å². The molecule has 1 fully saturated rings. The van der Waals surface area contributed by atoms with Crippen LogP contribution in [0.5, 0.6) is 0 Å². The van der Waals surface area contributed by atoms with Gasteiger partial charge in [-0.1, -0.05) is 30.3 Å². The summed E-state index contributed by atoms with van der Waals surface area (Å²) in [6.07, 6.45) is 4.00. The summed E-state index contributed by atoms with van der Waals surface area (Å²) in [5.74, 6) is -0.488. The maximum Gasteiger partial charge on any atom is 0.335 e. The number of urea groups is 1. The normalized spacial score (nSPS) is 14.9. The Kier molecular flexibility index (Phi) is 5.02. The number of H-pyrrole nitrogens is 1. The molecule has 2 heterocycles. The third-order valence-electron chi connectivity index (χ3n) is 5.49. The van der Waals surface area contributed by atoms with E-state index in [2.05, 4.69) is 34.7 Å². The van der Waals surface area contributed by atoms with Gasteiger partial charge in [-0.15, -0.1) is 0 Å². The summed E-state index contributed by atoms with van der Waals surface area (Å²) in [5, 5.41) is 13.1. The Bertz CT molecular complexity index is 986. The van der Waals surface area contributed by atoms with Crippen molar-refractivity contribution in [2.75, 3.05) is 13.1 Å². The SMILES string of the molecule is O=C(O)c1ccc(CNC(=O)N2CCC(c3c[nH]c4ccccc34)CC2)cc1. The molecule has 1 aromatic heterocycles. The summed E-state index contributed by atoms with van der Waals surface area (Å²) < 4.78 is 0. The highest BCUT2D eigenvalue weighted by molar-refractivity contribution is 5.87. The number of aromatic nitrogens is 1. The van der Waals surface area contributed by atoms with Crippen LogP contribution < -0.4 is 5.32 Å². The van der Waals surface area contributed by atoms with Crippen LogP contribution >= 0.6 is 0 Å². The molecule has 0 aliphatic carbocycles. The molecule has 6 nitrogen and oxygen atoms in total. The molecule has 1 aliphatic heterocycles. The second kappa shape index (κ2) is 7.76. The third kappa shape index (κ3) is 3.71. The first-order valence-electron chi connectivity index (χ1n) is 9.53. The molecule has 2 aromatic carbocycles. The van der Waals surface area contributed by atoms with Gasteiger partial charge < -0.3 is 20.3 Å². The number of rotatable bonds is 4. The number of nitrogens with one attached hydrogen (secondary N) is 2. The van der Waals surface area contributed by atoms with Gasteiger partial charge in [-0.05, 0) is 48.1 Å². The molecule has 1 saturated heterocycles. The lowest BCUT2D eigenvalue weighted by Crippen LogP contribution is -2.43. The zero-order valence-corrected chi connectivity index (χ0v) is 15.5. The molecule has 1 aliphatic rings. The van der Waals surface area contributed by atoms with Crippen LogP contribution in [-0.2, 0) is 6.54 Å². The fraction of sp³-hybridized carbons (Fsp3) is 0.273. The fourth-order valence-corrected chi connectivity index (χ4v) is 3.88. The van der Waals surface area contributed by atoms with E-state index >= 15 is 0 Å². The van der Waals surface area contributed by atoms with Gasteiger partial charge in [0.25, 0.3) is 0 Å². The Morgan fingerprint density at radius 3 is 2.50 bits per heavy atom. The molecule has 0 unspecified atom stereocenters. The Balaban J connectivity index is 1.31. The highest BCUT2D eigenvalue weighted by Gasteiger charge is 2.25. The molecule has 3 N–H and O–H groups in total. The van der Waals surface area contributed by atoms with Crippen molar-refractivity contribution in [2.45, 2.75) is 25.3 Å². The van der Waals surface area contributed by atoms with Gasteiger partial charge in [0.15, 0.2) is 0 Å². The molecule has 0 saturated carbocycles. The predicted molar refractivity (Wildman–Crippen MR) is 107 cm³/mol. The van der Waals surface area contributed by atoms with E-state index in [0.29, 0.717) is 12.5 Å². The molecular weight excluding hydrogens is 354 g/mol. The van der Waals surface area contributed by atoms with Crippen LogP contribution in [0.2, 0.25) is 0 Å². The maximum atomic E-state index is 12.5. The molecule has 28 heavy (non-hydrogen) atoms. The fourth-order valence-electron chi connectivity index (χ4n) is 3.88. The zero-order valence-electron chi connectivity index (χ0n) is 15.5. The van der Waals surface area contributed by atoms with Crippen LogP contribution in [0.25, 0.3) is 10.9 Å². The Labute approximate surface area is 163 Å². The van der Waals surface area contributed by atoms with Crippen molar-refractivity contribution in [2.24, 2.45) is 0 Å². The highest BCUT2D eigenvalue weighted by Crippen LogP contribution is 2.33. The number of carbonyl (C=O) groups is 2. The molecule has 3 aromatic rings. The Hall–Kier alpha value is -3.28. The van der Waals surface area contributed by atoms with E-state index in [4.69, 9.17) is 5.11 Å². The molecular formula is C22H23N3O3. The van der Waals surface area contributed by atoms with Gasteiger partial charge in [0.2, 0.25) is 0 Å². The number of amides is 2. The number of carbonyl (C=O) groups excluding carboxylic acids is 1. The van der Waals surface area contributed by atoms with Gasteiger partial charge in [-0.2, -0.15) is 0 Å². The van der Waals surface area contributed by atoms with E-state index < -0.39 is 5.97 Å². The van der Waals surface area contributed by atoms with Crippen LogP contribution in [0, 0.1) is 0 Å². The monoisotopic (exact) mass is 377 g/mol. The van der Waals surface area contributed by atoms with E-state index in [1.54, 1.807) is 24.3 Å². The van der Waals surface area contributed by atoms with Gasteiger partial charge in [0.1, 0.15) is 0 Å². The number of carboxylic acid groups (broad SMARTS) is 1. The number of carboxylic acids is 1. The summed E-state index contributed by atoms with van der Waals surface area (Å²) in [5.41, 5.74) is 3.63. The van der Waals surface area contributed by atoms with Gasteiger partial charge in [-0.25, -0.2) is 9.59 Å². The quantitative estimate of drug-likeness (QED) is 0.643. The number of likely N-dealkylation sites (tertiary alicyclic amines) is 1. The standard InChI is InChI=1S/C22H23N3O3/c26-21(27)17-7-5-15(6-8-17)13-24-22(28)25-11-9-16(10-12-25)19-14-23-20-4-2-1-3-18(19)20/h1-8,14,16,23H,9-13H2,(H,24,28)(H,26,27). The minimum absolute atomic E-state index is 0.0697. The van der Waals surface area contributed by atoms with Crippen LogP contribution in [0.1, 0.15) is 40.2 Å². The minimum Gasteiger partial charge on any atom is -0.478 e. The van der Waals surface area contributed by atoms with Crippen LogP contribution in [0.3, 0.4) is 0 Å². The van der Waals surface area contributed by atoms with Crippen molar-refractivity contribution in [3.05, 3.63) is 71.4 Å². The van der Waals surface area contributed by atoms with Crippen molar-refractivity contribution in [3.63, 3.8) is 0 Å². The first-order valence-corrected chi connectivity index (χ1v) is 9.53. The van der Waals surface area contributed by atoms with Gasteiger partial charge in [0.05, 0.1) is 5.56 Å². The lowest BCUT2D eigenvalue weighted by Gasteiger charge is -2.32. The number of piperidine rings is 1. The number of nitrogens with zero attached hydrogens (tertiary/aromatic N) is 1. The van der Waals surface area contributed by atoms with Crippen LogP contribution in [0.15, 0.2) is 54.7 Å². The first kappa shape index (κ1) is 18.1. The van der Waals surface area contributed by atoms with Crippen molar-refractivity contribution in [1.29, 1.82) is 0 Å². The van der Waals surface area contributed by atoms with Crippen LogP contribution in [0.4, 0.5) is 4.79 Å². The summed E-state index contributed by atoms with van der Waals surface area (Å²) in [6.45, 7) is 1.85. The average molecular weight is 377 g/mol. The summed E-state index contributed by atoms with van der Waals surface area (Å²) in [6, 6.07) is 14.8. The summed E-state index contributed by atoms with van der Waals surface area (Å²) in [4.78, 5) is 28.6. The van der Waals surface area contributed by atoms with Crippen molar-refractivity contribution >= 4 is 22.9 Å². The number of benzene rings is 2. The molecule has 0 bridgehead atoms. The number of para-hydroxylation sites is 1. The second-order valence-corrected chi connectivity index (χ2v) is 7.21. The van der Waals surface area contributed by atoms with Gasteiger partial charge >= 0.3 is 12.0 Å². The summed E-state index contributed by atoms with van der Waals surface area (Å²) >= 11 is 0. The molecule has 0 radical (unpaired) electrons. The lowest BCUT2D eigenvalue weighted by atomic mass is 9.89. The van der Waals surface area contributed by atoms with E-state index in [0.717, 1.165) is 37.0 Å². The largest absolute Gasteiger partial charge is 0.478 e. The third-order valence-corrected chi connectivity index (χ3v) is 5.49. The van der Waals surface area contributed by atoms with E-state index in [1.165, 1.54) is 10.9 Å². The van der Waals surface area contributed by atoms with Gasteiger partial charge in [-0.3, -0.25) is 0 Å². The molecule has 2 amide bonds. The van der Waals surface area contributed by atoms with Crippen molar-refractivity contribution in [3.8, 4) is 0 Å². The van der Waals surface area contributed by atoms with E-state index in [-0.39, 0.29) is 11.6 Å². The Morgan fingerprint density at radius 1 is 1.07 bits per heavy atom. The molecule has 4 rings (SSSR count). The number of fused-ring (bicyclic) bond motifs is 1. The van der Waals surface area contributed by atoms with Crippen molar-refractivity contribution in [1.82, 2.24) is 15.2 Å². The molecule has 144 valence electrons. The van der Waals surface area contributed by atoms with Gasteiger partial charge in [0, 0.05) is 36.7 Å². The van der Waals surface area contributed by atoms with Crippen LogP contribution in [-0.4, -0.2) is 40.1 Å². The molecule has 0 spiro atoms. The number of hydrogen-bond donors (Lipinski definition) is 3. The smallest absolute Gasteiger partial charge is 0.335 e. The lowest BCUT2D eigenvalue weighted by molar-refractivity contribution is 0.0697. The Morgan fingerprint density at radius 2 is 1.79 bits per heavy atom. The summed E-state index contributed by atoms with van der Waals surface area (Å²) in [7, 11) is 0. The minimum atomic E-state index is -0.950. The van der Waals surface area contributed by atoms with Crippen molar-refractivity contribution < 1.29 is 14.7 Å². The maximum absolute atomic E-state index is 12.5. The average Bonchev–Trinajstić information content (AvgIpc) is 3.16. The number of hydrogen-bond acceptors (Lipinski definition) is 2. The zero-order chi connectivity index (χ0) is 19.5. The number of aromatic amines is 1. The predicted octanol–water partition coefficient (Wildman–Crippen LogP) is 3.96. The topological polar surface area (TPSA) is 85.4 Å². The highest BCUT2D eigenvalue weighted by atomic mass is 16.4. The first-order chi connectivity index (χ1) is 13.6. The number of aromatic carboxylic acids is 1. The molecule has 6 heteroatoms. The van der Waals surface area contributed by atoms with E-state index in [9.17, 15) is 9.59 Å². The molecule has 0 atom stereocenters.